The van der Waals surface area contributed by atoms with Gasteiger partial charge < -0.3 is 9.64 Å². The third-order valence-electron chi connectivity index (χ3n) is 6.36. The third kappa shape index (κ3) is 4.65. The summed E-state index contributed by atoms with van der Waals surface area (Å²) in [5, 5.41) is 0. The van der Waals surface area contributed by atoms with Gasteiger partial charge in [-0.05, 0) is 60.9 Å². The van der Waals surface area contributed by atoms with E-state index < -0.39 is 0 Å². The fourth-order valence-electron chi connectivity index (χ4n) is 4.62. The van der Waals surface area contributed by atoms with Gasteiger partial charge in [-0.15, -0.1) is 0 Å². The highest BCUT2D eigenvalue weighted by Crippen LogP contribution is 2.42. The van der Waals surface area contributed by atoms with Crippen LogP contribution in [0, 0.1) is 6.92 Å². The van der Waals surface area contributed by atoms with Gasteiger partial charge in [0.25, 0.3) is 5.91 Å². The minimum absolute atomic E-state index is 0.00470. The largest absolute Gasteiger partial charge is 0.494 e. The van der Waals surface area contributed by atoms with E-state index in [0.29, 0.717) is 18.7 Å². The zero-order valence-corrected chi connectivity index (χ0v) is 20.2. The number of hydrogen-bond acceptors (Lipinski definition) is 3. The highest BCUT2D eigenvalue weighted by atomic mass is 16.5. The molecule has 1 heterocycles. The average Bonchev–Trinajstić information content (AvgIpc) is 2.90. The summed E-state index contributed by atoms with van der Waals surface area (Å²) in [6.07, 6.45) is 0.655. The van der Waals surface area contributed by atoms with Crippen molar-refractivity contribution in [2.75, 3.05) is 16.4 Å². The second kappa shape index (κ2) is 10.1. The van der Waals surface area contributed by atoms with Crippen molar-refractivity contribution < 1.29 is 9.53 Å². The van der Waals surface area contributed by atoms with Crippen molar-refractivity contribution in [3.63, 3.8) is 0 Å². The number of fused-ring (bicyclic) bond motifs is 1. The predicted octanol–water partition coefficient (Wildman–Crippen LogP) is 7.15. The fourth-order valence-corrected chi connectivity index (χ4v) is 4.62. The van der Waals surface area contributed by atoms with E-state index in [0.717, 1.165) is 34.7 Å². The highest BCUT2D eigenvalue weighted by molar-refractivity contribution is 6.12. The molecule has 1 amide bonds. The number of carbonyl (C=O) groups is 1. The lowest BCUT2D eigenvalue weighted by Gasteiger charge is -2.46. The van der Waals surface area contributed by atoms with Gasteiger partial charge in [0.15, 0.2) is 0 Å². The average molecular weight is 463 g/mol. The minimum atomic E-state index is -0.305. The van der Waals surface area contributed by atoms with Crippen molar-refractivity contribution in [3.8, 4) is 5.75 Å². The molecule has 1 aliphatic heterocycles. The van der Waals surface area contributed by atoms with Gasteiger partial charge in [-0.1, -0.05) is 79.2 Å². The molecule has 1 aliphatic rings. The van der Waals surface area contributed by atoms with E-state index in [1.165, 1.54) is 5.56 Å². The summed E-state index contributed by atoms with van der Waals surface area (Å²) >= 11 is 0. The molecule has 5 rings (SSSR count). The van der Waals surface area contributed by atoms with Gasteiger partial charge in [0, 0.05) is 12.2 Å². The fraction of sp³-hybridized carbons (Fsp3) is 0.194. The predicted molar refractivity (Wildman–Crippen MR) is 142 cm³/mol. The first kappa shape index (κ1) is 22.7. The van der Waals surface area contributed by atoms with Crippen molar-refractivity contribution >= 4 is 17.3 Å². The van der Waals surface area contributed by atoms with Gasteiger partial charge in [0.05, 0.1) is 17.9 Å². The molecule has 0 aromatic heterocycles. The molecule has 4 aromatic rings. The molecular weight excluding hydrogens is 432 g/mol. The van der Waals surface area contributed by atoms with Gasteiger partial charge in [-0.25, -0.2) is 0 Å². The Morgan fingerprint density at radius 3 is 2.20 bits per heavy atom. The van der Waals surface area contributed by atoms with Crippen LogP contribution in [0.5, 0.6) is 5.75 Å². The number of anilines is 2. The molecule has 0 fully saturated rings. The summed E-state index contributed by atoms with van der Waals surface area (Å²) in [5.74, 6) is 0.847. The van der Waals surface area contributed by atoms with Crippen LogP contribution in [0.2, 0.25) is 0 Å². The van der Waals surface area contributed by atoms with E-state index in [-0.39, 0.29) is 12.1 Å². The van der Waals surface area contributed by atoms with E-state index in [2.05, 4.69) is 67.3 Å². The molecule has 176 valence electrons. The molecule has 0 radical (unpaired) electrons. The van der Waals surface area contributed by atoms with Crippen LogP contribution in [0.4, 0.5) is 11.4 Å². The van der Waals surface area contributed by atoms with E-state index >= 15 is 0 Å². The molecular formula is C31H30N2O2. The Morgan fingerprint density at radius 2 is 1.49 bits per heavy atom. The lowest BCUT2D eigenvalue weighted by molar-refractivity contribution is 0.0968. The molecule has 0 saturated carbocycles. The standard InChI is InChI=1S/C31H30N2O2/c1-3-21-35-27-19-15-25(16-20-27)30-32(22-24-9-5-4-6-10-24)29-12-8-7-11-28(29)31(34)33(30)26-17-13-23(2)14-18-26/h4-20,30H,3,21-22H2,1-2H3/t30-/m1/s1. The zero-order valence-electron chi connectivity index (χ0n) is 20.2. The maximum absolute atomic E-state index is 14.0. The lowest BCUT2D eigenvalue weighted by atomic mass is 9.99. The molecule has 4 nitrogen and oxygen atoms in total. The quantitative estimate of drug-likeness (QED) is 0.292. The van der Waals surface area contributed by atoms with Crippen molar-refractivity contribution in [3.05, 3.63) is 125 Å². The number of carbonyl (C=O) groups excluding carboxylic acids is 1. The van der Waals surface area contributed by atoms with Crippen LogP contribution in [0.1, 0.15) is 46.6 Å². The van der Waals surface area contributed by atoms with Gasteiger partial charge in [-0.2, -0.15) is 0 Å². The van der Waals surface area contributed by atoms with Crippen LogP contribution < -0.4 is 14.5 Å². The second-order valence-corrected chi connectivity index (χ2v) is 8.93. The Morgan fingerprint density at radius 1 is 0.800 bits per heavy atom. The number of amides is 1. The summed E-state index contributed by atoms with van der Waals surface area (Å²) in [5.41, 5.74) is 5.92. The topological polar surface area (TPSA) is 32.8 Å². The first-order valence-corrected chi connectivity index (χ1v) is 12.2. The first-order chi connectivity index (χ1) is 17.2. The molecule has 4 heteroatoms. The molecule has 0 saturated heterocycles. The Bertz CT molecular complexity index is 1280. The zero-order chi connectivity index (χ0) is 24.2. The molecule has 4 aromatic carbocycles. The number of rotatable bonds is 7. The van der Waals surface area contributed by atoms with Crippen LogP contribution in [0.3, 0.4) is 0 Å². The number of ether oxygens (including phenoxy) is 1. The molecule has 0 aliphatic carbocycles. The smallest absolute Gasteiger partial charge is 0.262 e. The van der Waals surface area contributed by atoms with Crippen molar-refractivity contribution in [1.29, 1.82) is 0 Å². The normalized spacial score (nSPS) is 15.1. The molecule has 0 unspecified atom stereocenters. The number of aryl methyl sites for hydroxylation is 1. The Labute approximate surface area is 207 Å². The highest BCUT2D eigenvalue weighted by Gasteiger charge is 2.39. The van der Waals surface area contributed by atoms with E-state index in [9.17, 15) is 4.79 Å². The molecule has 0 spiro atoms. The van der Waals surface area contributed by atoms with Crippen LogP contribution in [-0.2, 0) is 6.54 Å². The number of nitrogens with zero attached hydrogens (tertiary/aromatic N) is 2. The van der Waals surface area contributed by atoms with E-state index in [4.69, 9.17) is 4.74 Å². The van der Waals surface area contributed by atoms with Gasteiger partial charge in [-0.3, -0.25) is 9.69 Å². The minimum Gasteiger partial charge on any atom is -0.494 e. The second-order valence-electron chi connectivity index (χ2n) is 8.93. The van der Waals surface area contributed by atoms with E-state index in [1.54, 1.807) is 0 Å². The summed E-state index contributed by atoms with van der Waals surface area (Å²) in [7, 11) is 0. The van der Waals surface area contributed by atoms with E-state index in [1.807, 2.05) is 59.5 Å². The summed E-state index contributed by atoms with van der Waals surface area (Å²) in [4.78, 5) is 18.2. The number of para-hydroxylation sites is 1. The summed E-state index contributed by atoms with van der Waals surface area (Å²) < 4.78 is 5.83. The maximum atomic E-state index is 14.0. The van der Waals surface area contributed by atoms with Crippen molar-refractivity contribution in [1.82, 2.24) is 0 Å². The van der Waals surface area contributed by atoms with Crippen LogP contribution >= 0.6 is 0 Å². The van der Waals surface area contributed by atoms with Gasteiger partial charge >= 0.3 is 0 Å². The summed E-state index contributed by atoms with van der Waals surface area (Å²) in [6.45, 7) is 5.52. The SMILES string of the molecule is CCCOc1ccc([C@@H]2N(Cc3ccccc3)c3ccccc3C(=O)N2c2ccc(C)cc2)cc1. The Hall–Kier alpha value is -4.05. The summed E-state index contributed by atoms with van der Waals surface area (Å²) in [6, 6.07) is 34.7. The molecule has 35 heavy (non-hydrogen) atoms. The Kier molecular flexibility index (Phi) is 6.53. The van der Waals surface area contributed by atoms with Gasteiger partial charge in [0.2, 0.25) is 0 Å². The molecule has 1 atom stereocenters. The first-order valence-electron chi connectivity index (χ1n) is 12.2. The van der Waals surface area contributed by atoms with Crippen LogP contribution in [0.25, 0.3) is 0 Å². The Balaban J connectivity index is 1.66. The number of hydrogen-bond donors (Lipinski definition) is 0. The van der Waals surface area contributed by atoms with Crippen LogP contribution in [0.15, 0.2) is 103 Å². The monoisotopic (exact) mass is 462 g/mol. The van der Waals surface area contributed by atoms with Crippen molar-refractivity contribution in [2.45, 2.75) is 33.0 Å². The maximum Gasteiger partial charge on any atom is 0.262 e. The van der Waals surface area contributed by atoms with Crippen molar-refractivity contribution in [2.24, 2.45) is 0 Å². The lowest BCUT2D eigenvalue weighted by Crippen LogP contribution is -2.49. The van der Waals surface area contributed by atoms with Gasteiger partial charge in [0.1, 0.15) is 11.9 Å². The third-order valence-corrected chi connectivity index (χ3v) is 6.36. The van der Waals surface area contributed by atoms with Crippen LogP contribution in [-0.4, -0.2) is 12.5 Å². The molecule has 0 bridgehead atoms. The number of benzene rings is 4. The molecule has 0 N–H and O–H groups in total.